The largest absolute Gasteiger partial charge is 0.411 e. The van der Waals surface area contributed by atoms with E-state index in [1.54, 1.807) is 24.3 Å². The molecule has 24 heavy (non-hydrogen) atoms. The molecule has 1 aliphatic carbocycles. The zero-order valence-electron chi connectivity index (χ0n) is 12.9. The van der Waals surface area contributed by atoms with Crippen LogP contribution in [0.3, 0.4) is 0 Å². The quantitative estimate of drug-likeness (QED) is 0.879. The molecule has 0 saturated heterocycles. The highest BCUT2D eigenvalue weighted by Crippen LogP contribution is 2.24. The Morgan fingerprint density at radius 1 is 1.29 bits per heavy atom. The number of hydrogen-bond donors (Lipinski definition) is 2. The summed E-state index contributed by atoms with van der Waals surface area (Å²) in [6.07, 6.45) is -2.52. The van der Waals surface area contributed by atoms with E-state index in [2.05, 4.69) is 10.6 Å². The third kappa shape index (κ3) is 6.08. The van der Waals surface area contributed by atoms with Gasteiger partial charge in [0.15, 0.2) is 0 Å². The normalized spacial score (nSPS) is 20.9. The van der Waals surface area contributed by atoms with E-state index in [1.165, 1.54) is 0 Å². The first-order valence-electron chi connectivity index (χ1n) is 7.62. The summed E-state index contributed by atoms with van der Waals surface area (Å²) in [7, 11) is 0. The SMILES string of the molecule is N#Cc1ccc(NC(=O)N[C@H]2CCC[C@H](OCC(F)(F)F)C2)cc1. The van der Waals surface area contributed by atoms with Gasteiger partial charge in [-0.3, -0.25) is 0 Å². The second-order valence-electron chi connectivity index (χ2n) is 5.70. The van der Waals surface area contributed by atoms with Crippen LogP contribution in [0.1, 0.15) is 31.2 Å². The Morgan fingerprint density at radius 3 is 2.62 bits per heavy atom. The van der Waals surface area contributed by atoms with Crippen molar-refractivity contribution in [3.63, 3.8) is 0 Å². The number of alkyl halides is 3. The minimum Gasteiger partial charge on any atom is -0.369 e. The van der Waals surface area contributed by atoms with Crippen molar-refractivity contribution in [1.82, 2.24) is 5.32 Å². The molecule has 1 fully saturated rings. The highest BCUT2D eigenvalue weighted by Gasteiger charge is 2.31. The molecule has 2 atom stereocenters. The molecule has 0 spiro atoms. The third-order valence-electron chi connectivity index (χ3n) is 3.72. The van der Waals surface area contributed by atoms with Crippen LogP contribution in [0.15, 0.2) is 24.3 Å². The van der Waals surface area contributed by atoms with E-state index in [-0.39, 0.29) is 6.04 Å². The van der Waals surface area contributed by atoms with Gasteiger partial charge in [-0.05, 0) is 49.9 Å². The first-order chi connectivity index (χ1) is 11.4. The van der Waals surface area contributed by atoms with E-state index in [9.17, 15) is 18.0 Å². The zero-order valence-corrected chi connectivity index (χ0v) is 12.9. The number of carbonyl (C=O) groups excluding carboxylic acids is 1. The van der Waals surface area contributed by atoms with Crippen molar-refractivity contribution in [1.29, 1.82) is 5.26 Å². The van der Waals surface area contributed by atoms with Crippen molar-refractivity contribution in [2.24, 2.45) is 0 Å². The standard InChI is InChI=1S/C16H18F3N3O2/c17-16(18,19)10-24-14-3-1-2-13(8-14)22-15(23)21-12-6-4-11(9-20)5-7-12/h4-7,13-14H,1-3,8,10H2,(H2,21,22,23)/t13-,14-/m0/s1. The van der Waals surface area contributed by atoms with E-state index >= 15 is 0 Å². The Morgan fingerprint density at radius 2 is 2.00 bits per heavy atom. The molecule has 0 aromatic heterocycles. The summed E-state index contributed by atoms with van der Waals surface area (Å²) in [5.74, 6) is 0. The van der Waals surface area contributed by atoms with E-state index in [0.29, 0.717) is 36.9 Å². The van der Waals surface area contributed by atoms with Gasteiger partial charge in [0.2, 0.25) is 0 Å². The summed E-state index contributed by atoms with van der Waals surface area (Å²) >= 11 is 0. The van der Waals surface area contributed by atoms with Gasteiger partial charge in [0.05, 0.1) is 17.7 Å². The lowest BCUT2D eigenvalue weighted by Crippen LogP contribution is -2.43. The molecule has 0 heterocycles. The van der Waals surface area contributed by atoms with Gasteiger partial charge in [0.25, 0.3) is 0 Å². The molecule has 0 unspecified atom stereocenters. The summed E-state index contributed by atoms with van der Waals surface area (Å²) in [5.41, 5.74) is 1.02. The first kappa shape index (κ1) is 18.1. The van der Waals surface area contributed by atoms with E-state index < -0.39 is 24.9 Å². The minimum absolute atomic E-state index is 0.227. The minimum atomic E-state index is -4.34. The molecule has 1 saturated carbocycles. The second-order valence-corrected chi connectivity index (χ2v) is 5.70. The number of anilines is 1. The Balaban J connectivity index is 1.79. The molecule has 8 heteroatoms. The maximum atomic E-state index is 12.2. The van der Waals surface area contributed by atoms with Gasteiger partial charge >= 0.3 is 12.2 Å². The fraction of sp³-hybridized carbons (Fsp3) is 0.500. The van der Waals surface area contributed by atoms with Crippen LogP contribution < -0.4 is 10.6 Å². The van der Waals surface area contributed by atoms with Gasteiger partial charge in [-0.25, -0.2) is 4.79 Å². The molecule has 130 valence electrons. The van der Waals surface area contributed by atoms with Crippen LogP contribution in [0.5, 0.6) is 0 Å². The fourth-order valence-electron chi connectivity index (χ4n) is 2.62. The Bertz CT molecular complexity index is 596. The molecule has 0 radical (unpaired) electrons. The molecule has 2 amide bonds. The Kier molecular flexibility index (Phi) is 6.04. The van der Waals surface area contributed by atoms with Crippen molar-refractivity contribution in [2.75, 3.05) is 11.9 Å². The van der Waals surface area contributed by atoms with Crippen LogP contribution in [0.25, 0.3) is 0 Å². The Labute approximate surface area is 137 Å². The third-order valence-corrected chi connectivity index (χ3v) is 3.72. The maximum absolute atomic E-state index is 12.2. The molecule has 5 nitrogen and oxygen atoms in total. The molecule has 0 bridgehead atoms. The molecule has 1 aliphatic rings. The number of hydrogen-bond acceptors (Lipinski definition) is 3. The molecule has 2 N–H and O–H groups in total. The number of halogens is 3. The van der Waals surface area contributed by atoms with Crippen molar-refractivity contribution in [2.45, 2.75) is 44.0 Å². The van der Waals surface area contributed by atoms with Crippen LogP contribution in [-0.2, 0) is 4.74 Å². The number of urea groups is 1. The highest BCUT2D eigenvalue weighted by atomic mass is 19.4. The number of nitrogens with one attached hydrogen (secondary N) is 2. The predicted molar refractivity (Wildman–Crippen MR) is 81.4 cm³/mol. The van der Waals surface area contributed by atoms with Crippen molar-refractivity contribution >= 4 is 11.7 Å². The number of amides is 2. The van der Waals surface area contributed by atoms with Crippen molar-refractivity contribution < 1.29 is 22.7 Å². The zero-order chi connectivity index (χ0) is 17.6. The van der Waals surface area contributed by atoms with Crippen molar-refractivity contribution in [3.05, 3.63) is 29.8 Å². The number of rotatable bonds is 4. The fourth-order valence-corrected chi connectivity index (χ4v) is 2.62. The van der Waals surface area contributed by atoms with Gasteiger partial charge in [-0.15, -0.1) is 0 Å². The molecular formula is C16H18F3N3O2. The van der Waals surface area contributed by atoms with E-state index in [1.807, 2.05) is 6.07 Å². The van der Waals surface area contributed by atoms with E-state index in [0.717, 1.165) is 0 Å². The Hall–Kier alpha value is -2.27. The molecule has 1 aromatic carbocycles. The van der Waals surface area contributed by atoms with E-state index in [4.69, 9.17) is 10.00 Å². The maximum Gasteiger partial charge on any atom is 0.411 e. The lowest BCUT2D eigenvalue weighted by atomic mass is 9.93. The smallest absolute Gasteiger partial charge is 0.369 e. The number of benzene rings is 1. The summed E-state index contributed by atoms with van der Waals surface area (Å²) in [6.45, 7) is -1.26. The lowest BCUT2D eigenvalue weighted by Gasteiger charge is -2.30. The number of nitriles is 1. The van der Waals surface area contributed by atoms with Gasteiger partial charge in [0, 0.05) is 11.7 Å². The van der Waals surface area contributed by atoms with Gasteiger partial charge < -0.3 is 15.4 Å². The second kappa shape index (κ2) is 8.02. The highest BCUT2D eigenvalue weighted by molar-refractivity contribution is 5.89. The molecule has 1 aromatic rings. The van der Waals surface area contributed by atoms with Gasteiger partial charge in [-0.1, -0.05) is 0 Å². The monoisotopic (exact) mass is 341 g/mol. The lowest BCUT2D eigenvalue weighted by molar-refractivity contribution is -0.188. The average molecular weight is 341 g/mol. The van der Waals surface area contributed by atoms with Crippen LogP contribution in [-0.4, -0.2) is 31.0 Å². The van der Waals surface area contributed by atoms with Crippen LogP contribution in [0.2, 0.25) is 0 Å². The van der Waals surface area contributed by atoms with Crippen LogP contribution >= 0.6 is 0 Å². The summed E-state index contributed by atoms with van der Waals surface area (Å²) < 4.78 is 41.4. The summed E-state index contributed by atoms with van der Waals surface area (Å²) in [6, 6.07) is 7.69. The summed E-state index contributed by atoms with van der Waals surface area (Å²) in [5, 5.41) is 14.1. The predicted octanol–water partition coefficient (Wildman–Crippen LogP) is 3.57. The number of nitrogens with zero attached hydrogens (tertiary/aromatic N) is 1. The topological polar surface area (TPSA) is 74.2 Å². The van der Waals surface area contributed by atoms with Crippen LogP contribution in [0, 0.1) is 11.3 Å². The van der Waals surface area contributed by atoms with Crippen LogP contribution in [0.4, 0.5) is 23.7 Å². The number of ether oxygens (including phenoxy) is 1. The first-order valence-corrected chi connectivity index (χ1v) is 7.62. The molecule has 2 rings (SSSR count). The molecular weight excluding hydrogens is 323 g/mol. The van der Waals surface area contributed by atoms with Gasteiger partial charge in [-0.2, -0.15) is 18.4 Å². The van der Waals surface area contributed by atoms with Gasteiger partial charge in [0.1, 0.15) is 6.61 Å². The number of carbonyl (C=O) groups is 1. The molecule has 0 aliphatic heterocycles. The van der Waals surface area contributed by atoms with Crippen molar-refractivity contribution in [3.8, 4) is 6.07 Å². The summed E-state index contributed by atoms with van der Waals surface area (Å²) in [4.78, 5) is 12.0. The average Bonchev–Trinajstić information content (AvgIpc) is 2.53.